The van der Waals surface area contributed by atoms with Gasteiger partial charge in [-0.3, -0.25) is 0 Å². The molecular weight excluding hydrogens is 304 g/mol. The number of ether oxygens (including phenoxy) is 1. The lowest BCUT2D eigenvalue weighted by Gasteiger charge is -2.37. The second-order valence-corrected chi connectivity index (χ2v) is 7.51. The van der Waals surface area contributed by atoms with Crippen molar-refractivity contribution >= 4 is 15.9 Å². The van der Waals surface area contributed by atoms with E-state index >= 15 is 0 Å². The van der Waals surface area contributed by atoms with E-state index in [2.05, 4.69) is 41.9 Å². The van der Waals surface area contributed by atoms with Gasteiger partial charge in [0.1, 0.15) is 5.75 Å². The van der Waals surface area contributed by atoms with Crippen LogP contribution in [0.1, 0.15) is 44.2 Å². The zero-order chi connectivity index (χ0) is 13.7. The Morgan fingerprint density at radius 1 is 1.32 bits per heavy atom. The molecule has 1 aliphatic carbocycles. The molecule has 1 aromatic carbocycles. The van der Waals surface area contributed by atoms with Crippen molar-refractivity contribution < 1.29 is 9.84 Å². The Balaban J connectivity index is 1.96. The second kappa shape index (κ2) is 4.49. The normalized spacial score (nSPS) is 28.2. The summed E-state index contributed by atoms with van der Waals surface area (Å²) in [7, 11) is 0. The highest BCUT2D eigenvalue weighted by molar-refractivity contribution is 9.10. The van der Waals surface area contributed by atoms with Crippen LogP contribution in [-0.2, 0) is 12.8 Å². The SMILES string of the molecule is CC1(C)CCCC1(O)Cc1cc(Br)cc2c1OCC2. The molecule has 2 nitrogen and oxygen atoms in total. The van der Waals surface area contributed by atoms with Gasteiger partial charge < -0.3 is 9.84 Å². The molecule has 0 amide bonds. The number of aliphatic hydroxyl groups is 1. The molecule has 1 saturated carbocycles. The van der Waals surface area contributed by atoms with E-state index in [4.69, 9.17) is 4.74 Å². The second-order valence-electron chi connectivity index (χ2n) is 6.60. The fraction of sp³-hybridized carbons (Fsp3) is 0.625. The number of benzene rings is 1. The van der Waals surface area contributed by atoms with Crippen molar-refractivity contribution in [3.05, 3.63) is 27.7 Å². The molecule has 1 atom stereocenters. The van der Waals surface area contributed by atoms with Gasteiger partial charge in [0, 0.05) is 17.3 Å². The minimum absolute atomic E-state index is 0.0131. The van der Waals surface area contributed by atoms with Crippen molar-refractivity contribution in [1.82, 2.24) is 0 Å². The monoisotopic (exact) mass is 324 g/mol. The third-order valence-electron chi connectivity index (χ3n) is 4.96. The van der Waals surface area contributed by atoms with E-state index in [1.54, 1.807) is 0 Å². The fourth-order valence-corrected chi connectivity index (χ4v) is 4.07. The third kappa shape index (κ3) is 2.21. The van der Waals surface area contributed by atoms with Crippen LogP contribution in [0.25, 0.3) is 0 Å². The number of hydrogen-bond acceptors (Lipinski definition) is 2. The number of hydrogen-bond donors (Lipinski definition) is 1. The quantitative estimate of drug-likeness (QED) is 0.894. The molecular formula is C16H21BrO2. The van der Waals surface area contributed by atoms with Gasteiger partial charge in [-0.1, -0.05) is 29.8 Å². The summed E-state index contributed by atoms with van der Waals surface area (Å²) in [4.78, 5) is 0. The van der Waals surface area contributed by atoms with Crippen LogP contribution in [0.5, 0.6) is 5.75 Å². The summed E-state index contributed by atoms with van der Waals surface area (Å²) in [5.41, 5.74) is 1.80. The summed E-state index contributed by atoms with van der Waals surface area (Å²) in [5, 5.41) is 11.0. The Labute approximate surface area is 123 Å². The van der Waals surface area contributed by atoms with Gasteiger partial charge in [-0.25, -0.2) is 0 Å². The van der Waals surface area contributed by atoms with Gasteiger partial charge in [-0.2, -0.15) is 0 Å². The van der Waals surface area contributed by atoms with E-state index in [1.165, 1.54) is 5.56 Å². The molecule has 1 heterocycles. The van der Waals surface area contributed by atoms with Gasteiger partial charge >= 0.3 is 0 Å². The summed E-state index contributed by atoms with van der Waals surface area (Å²) < 4.78 is 6.87. The standard InChI is InChI=1S/C16H21BrO2/c1-15(2)5-3-6-16(15,18)10-12-9-13(17)8-11-4-7-19-14(11)12/h8-9,18H,3-7,10H2,1-2H3. The number of fused-ring (bicyclic) bond motifs is 1. The molecule has 0 saturated heterocycles. The predicted octanol–water partition coefficient (Wildman–Crippen LogP) is 3.87. The fourth-order valence-electron chi connectivity index (χ4n) is 3.51. The van der Waals surface area contributed by atoms with E-state index in [1.807, 2.05) is 0 Å². The van der Waals surface area contributed by atoms with E-state index in [-0.39, 0.29) is 5.41 Å². The largest absolute Gasteiger partial charge is 0.493 e. The number of rotatable bonds is 2. The molecule has 0 spiro atoms. The Bertz CT molecular complexity index is 510. The zero-order valence-corrected chi connectivity index (χ0v) is 13.2. The van der Waals surface area contributed by atoms with Crippen LogP contribution in [-0.4, -0.2) is 17.3 Å². The molecule has 1 fully saturated rings. The van der Waals surface area contributed by atoms with Gasteiger partial charge in [0.2, 0.25) is 0 Å². The first-order chi connectivity index (χ1) is 8.91. The van der Waals surface area contributed by atoms with E-state index in [0.29, 0.717) is 6.42 Å². The average Bonchev–Trinajstić information content (AvgIpc) is 2.84. The van der Waals surface area contributed by atoms with Crippen LogP contribution in [0.4, 0.5) is 0 Å². The predicted molar refractivity (Wildman–Crippen MR) is 79.6 cm³/mol. The van der Waals surface area contributed by atoms with Gasteiger partial charge in [-0.05, 0) is 47.9 Å². The first-order valence-electron chi connectivity index (χ1n) is 7.08. The zero-order valence-electron chi connectivity index (χ0n) is 11.6. The van der Waals surface area contributed by atoms with Crippen molar-refractivity contribution in [3.63, 3.8) is 0 Å². The summed E-state index contributed by atoms with van der Waals surface area (Å²) in [6, 6.07) is 4.24. The van der Waals surface area contributed by atoms with Crippen molar-refractivity contribution in [2.75, 3.05) is 6.61 Å². The van der Waals surface area contributed by atoms with Crippen LogP contribution >= 0.6 is 15.9 Å². The lowest BCUT2D eigenvalue weighted by Crippen LogP contribution is -2.41. The molecule has 0 bridgehead atoms. The first-order valence-corrected chi connectivity index (χ1v) is 7.87. The Morgan fingerprint density at radius 2 is 2.11 bits per heavy atom. The maximum absolute atomic E-state index is 11.0. The van der Waals surface area contributed by atoms with Gasteiger partial charge in [0.25, 0.3) is 0 Å². The molecule has 19 heavy (non-hydrogen) atoms. The molecule has 1 aliphatic heterocycles. The van der Waals surface area contributed by atoms with Gasteiger partial charge in [-0.15, -0.1) is 0 Å². The number of halogens is 1. The third-order valence-corrected chi connectivity index (χ3v) is 5.42. The summed E-state index contributed by atoms with van der Waals surface area (Å²) >= 11 is 3.57. The lowest BCUT2D eigenvalue weighted by atomic mass is 9.74. The Kier molecular flexibility index (Phi) is 3.18. The van der Waals surface area contributed by atoms with Crippen molar-refractivity contribution in [1.29, 1.82) is 0 Å². The first kappa shape index (κ1) is 13.4. The molecule has 104 valence electrons. The van der Waals surface area contributed by atoms with Gasteiger partial charge in [0.15, 0.2) is 0 Å². The van der Waals surface area contributed by atoms with Crippen LogP contribution in [0.15, 0.2) is 16.6 Å². The minimum Gasteiger partial charge on any atom is -0.493 e. The molecule has 0 aromatic heterocycles. The minimum atomic E-state index is -0.604. The van der Waals surface area contributed by atoms with Gasteiger partial charge in [0.05, 0.1) is 12.2 Å². The van der Waals surface area contributed by atoms with Crippen LogP contribution in [0, 0.1) is 5.41 Å². The molecule has 1 aromatic rings. The lowest BCUT2D eigenvalue weighted by molar-refractivity contribution is -0.0422. The smallest absolute Gasteiger partial charge is 0.125 e. The summed E-state index contributed by atoms with van der Waals surface area (Å²) in [5.74, 6) is 1.01. The van der Waals surface area contributed by atoms with E-state index in [9.17, 15) is 5.11 Å². The van der Waals surface area contributed by atoms with E-state index in [0.717, 1.165) is 48.1 Å². The van der Waals surface area contributed by atoms with Crippen molar-refractivity contribution in [2.24, 2.45) is 5.41 Å². The molecule has 1 unspecified atom stereocenters. The summed E-state index contributed by atoms with van der Waals surface area (Å²) in [6.45, 7) is 5.12. The molecule has 1 N–H and O–H groups in total. The summed E-state index contributed by atoms with van der Waals surface area (Å²) in [6.07, 6.45) is 4.77. The maximum atomic E-state index is 11.0. The Morgan fingerprint density at radius 3 is 2.79 bits per heavy atom. The highest BCUT2D eigenvalue weighted by Crippen LogP contribution is 2.49. The van der Waals surface area contributed by atoms with Crippen molar-refractivity contribution in [2.45, 2.75) is 51.6 Å². The van der Waals surface area contributed by atoms with Crippen LogP contribution < -0.4 is 4.74 Å². The highest BCUT2D eigenvalue weighted by Gasteiger charge is 2.47. The molecule has 3 rings (SSSR count). The van der Waals surface area contributed by atoms with Crippen LogP contribution in [0.3, 0.4) is 0 Å². The maximum Gasteiger partial charge on any atom is 0.125 e. The highest BCUT2D eigenvalue weighted by atomic mass is 79.9. The Hall–Kier alpha value is -0.540. The van der Waals surface area contributed by atoms with Crippen LogP contribution in [0.2, 0.25) is 0 Å². The van der Waals surface area contributed by atoms with Crippen molar-refractivity contribution in [3.8, 4) is 5.75 Å². The molecule has 0 radical (unpaired) electrons. The molecule has 2 aliphatic rings. The molecule has 3 heteroatoms. The average molecular weight is 325 g/mol. The topological polar surface area (TPSA) is 29.5 Å². The van der Waals surface area contributed by atoms with E-state index < -0.39 is 5.60 Å².